The molecule has 3 rings (SSSR count). The van der Waals surface area contributed by atoms with Crippen LogP contribution in [0.4, 0.5) is 0 Å². The molecule has 0 saturated carbocycles. The summed E-state index contributed by atoms with van der Waals surface area (Å²) in [5.74, 6) is 0.841. The van der Waals surface area contributed by atoms with Crippen LogP contribution in [0.25, 0.3) is 0 Å². The Labute approximate surface area is 148 Å². The molecular formula is C20H22N2O3. The van der Waals surface area contributed by atoms with Gasteiger partial charge in [-0.15, -0.1) is 0 Å². The van der Waals surface area contributed by atoms with E-state index in [1.54, 1.807) is 6.07 Å². The summed E-state index contributed by atoms with van der Waals surface area (Å²) in [7, 11) is 0. The van der Waals surface area contributed by atoms with Crippen LogP contribution in [0.3, 0.4) is 0 Å². The summed E-state index contributed by atoms with van der Waals surface area (Å²) in [4.78, 5) is 13.5. The maximum atomic E-state index is 13.5. The predicted molar refractivity (Wildman–Crippen MR) is 90.9 cm³/mol. The van der Waals surface area contributed by atoms with Crippen LogP contribution in [0.5, 0.6) is 5.75 Å². The Kier molecular flexibility index (Phi) is 5.36. The average molecular weight is 338 g/mol. The van der Waals surface area contributed by atoms with Gasteiger partial charge in [0, 0.05) is 32.0 Å². The molecule has 1 aromatic rings. The summed E-state index contributed by atoms with van der Waals surface area (Å²) >= 11 is 0. The lowest BCUT2D eigenvalue weighted by Crippen LogP contribution is -2.53. The Balaban J connectivity index is 2.05. The molecule has 2 heterocycles. The third kappa shape index (κ3) is 3.25. The van der Waals surface area contributed by atoms with Crippen molar-refractivity contribution in [1.29, 1.82) is 10.5 Å². The Morgan fingerprint density at radius 2 is 1.72 bits per heavy atom. The quantitative estimate of drug-likeness (QED) is 0.818. The van der Waals surface area contributed by atoms with Crippen LogP contribution >= 0.6 is 0 Å². The van der Waals surface area contributed by atoms with E-state index in [9.17, 15) is 4.79 Å². The molecule has 0 bridgehead atoms. The van der Waals surface area contributed by atoms with E-state index in [-0.39, 0.29) is 30.6 Å². The molecule has 130 valence electrons. The number of benzene rings is 1. The van der Waals surface area contributed by atoms with Gasteiger partial charge in [-0.25, -0.2) is 0 Å². The molecule has 5 heteroatoms. The van der Waals surface area contributed by atoms with E-state index in [4.69, 9.17) is 20.0 Å². The molecule has 0 radical (unpaired) electrons. The number of ketones is 1. The number of carbonyl (C=O) groups is 1. The van der Waals surface area contributed by atoms with Crippen LogP contribution in [0.1, 0.15) is 48.9 Å². The van der Waals surface area contributed by atoms with Crippen molar-refractivity contribution in [2.45, 2.75) is 44.6 Å². The molecule has 1 atom stereocenters. The number of fused-ring (bicyclic) bond motifs is 1. The minimum absolute atomic E-state index is 0.0244. The maximum absolute atomic E-state index is 13.5. The van der Waals surface area contributed by atoms with Gasteiger partial charge in [0.25, 0.3) is 0 Å². The van der Waals surface area contributed by atoms with Crippen LogP contribution in [-0.2, 0) is 4.74 Å². The number of nitriles is 2. The van der Waals surface area contributed by atoms with Crippen molar-refractivity contribution in [3.8, 4) is 17.9 Å². The van der Waals surface area contributed by atoms with Crippen LogP contribution in [-0.4, -0.2) is 25.1 Å². The fraction of sp³-hybridized carbons (Fsp3) is 0.550. The number of hydrogen-bond acceptors (Lipinski definition) is 5. The smallest absolute Gasteiger partial charge is 0.176 e. The molecule has 0 aromatic heterocycles. The first kappa shape index (κ1) is 17.5. The molecule has 1 aromatic carbocycles. The van der Waals surface area contributed by atoms with Crippen LogP contribution in [0.15, 0.2) is 24.3 Å². The highest BCUT2D eigenvalue weighted by Gasteiger charge is 2.53. The second-order valence-electron chi connectivity index (χ2n) is 6.79. The van der Waals surface area contributed by atoms with Crippen LogP contribution in [0, 0.1) is 34.0 Å². The second-order valence-corrected chi connectivity index (χ2v) is 6.79. The maximum Gasteiger partial charge on any atom is 0.176 e. The van der Waals surface area contributed by atoms with Gasteiger partial charge in [0.2, 0.25) is 0 Å². The van der Waals surface area contributed by atoms with E-state index in [1.807, 2.05) is 18.2 Å². The third-order valence-electron chi connectivity index (χ3n) is 5.44. The van der Waals surface area contributed by atoms with Gasteiger partial charge in [0.1, 0.15) is 11.9 Å². The molecule has 2 aliphatic heterocycles. The van der Waals surface area contributed by atoms with Crippen molar-refractivity contribution >= 4 is 5.78 Å². The number of carbonyl (C=O) groups excluding carboxylic acids is 1. The monoisotopic (exact) mass is 338 g/mol. The van der Waals surface area contributed by atoms with Crippen LogP contribution < -0.4 is 4.74 Å². The van der Waals surface area contributed by atoms with Crippen molar-refractivity contribution in [1.82, 2.24) is 0 Å². The van der Waals surface area contributed by atoms with Gasteiger partial charge in [-0.05, 0) is 37.8 Å². The standard InChI is InChI=1S/C20H22N2O3/c21-11-3-9-20(10-4-12-22)18(23)16-5-1-2-6-17(16)25-19(20)15-7-13-24-14-8-15/h1-2,5-6,15,19H,3-4,7-10,13-14H2. The molecule has 0 spiro atoms. The molecule has 1 fully saturated rings. The number of hydrogen-bond donors (Lipinski definition) is 0. The van der Waals surface area contributed by atoms with Crippen molar-refractivity contribution in [2.75, 3.05) is 13.2 Å². The van der Waals surface area contributed by atoms with Gasteiger partial charge in [-0.2, -0.15) is 10.5 Å². The fourth-order valence-corrected chi connectivity index (χ4v) is 4.16. The summed E-state index contributed by atoms with van der Waals surface area (Å²) in [6.45, 7) is 1.32. The molecule has 1 unspecified atom stereocenters. The molecule has 25 heavy (non-hydrogen) atoms. The highest BCUT2D eigenvalue weighted by atomic mass is 16.5. The summed E-state index contributed by atoms with van der Waals surface area (Å²) in [5, 5.41) is 18.3. The normalized spacial score (nSPS) is 22.3. The number of nitrogens with zero attached hydrogens (tertiary/aromatic N) is 2. The van der Waals surface area contributed by atoms with E-state index in [0.717, 1.165) is 12.8 Å². The first-order valence-electron chi connectivity index (χ1n) is 8.85. The van der Waals surface area contributed by atoms with E-state index in [0.29, 0.717) is 37.4 Å². The topological polar surface area (TPSA) is 83.1 Å². The molecule has 1 saturated heterocycles. The van der Waals surface area contributed by atoms with Gasteiger partial charge in [0.05, 0.1) is 23.1 Å². The fourth-order valence-electron chi connectivity index (χ4n) is 4.16. The first-order valence-corrected chi connectivity index (χ1v) is 8.85. The van der Waals surface area contributed by atoms with Gasteiger partial charge in [-0.1, -0.05) is 12.1 Å². The first-order chi connectivity index (χ1) is 12.2. The predicted octanol–water partition coefficient (Wildman–Crippen LogP) is 3.65. The molecule has 0 amide bonds. The number of Topliss-reactive ketones (excluding diaryl/α,β-unsaturated/α-hetero) is 1. The lowest BCUT2D eigenvalue weighted by atomic mass is 9.63. The Hall–Kier alpha value is -2.37. The van der Waals surface area contributed by atoms with E-state index in [2.05, 4.69) is 12.1 Å². The van der Waals surface area contributed by atoms with Crippen molar-refractivity contribution < 1.29 is 14.3 Å². The Morgan fingerprint density at radius 1 is 1.08 bits per heavy atom. The minimum Gasteiger partial charge on any atom is -0.488 e. The SMILES string of the molecule is N#CCCC1(CCC#N)C(=O)c2ccccc2OC1C1CCOCC1. The van der Waals surface area contributed by atoms with Crippen molar-refractivity contribution in [2.24, 2.45) is 11.3 Å². The number of rotatable bonds is 5. The minimum atomic E-state index is -0.804. The Bertz CT molecular complexity index is 692. The van der Waals surface area contributed by atoms with Crippen LogP contribution in [0.2, 0.25) is 0 Å². The summed E-state index contributed by atoms with van der Waals surface area (Å²) in [5.41, 5.74) is -0.233. The summed E-state index contributed by atoms with van der Waals surface area (Å²) in [6, 6.07) is 11.6. The largest absolute Gasteiger partial charge is 0.488 e. The van der Waals surface area contributed by atoms with Gasteiger partial charge in [0.15, 0.2) is 5.78 Å². The third-order valence-corrected chi connectivity index (χ3v) is 5.44. The number of para-hydroxylation sites is 1. The summed E-state index contributed by atoms with van der Waals surface area (Å²) < 4.78 is 11.8. The molecule has 2 aliphatic rings. The zero-order valence-electron chi connectivity index (χ0n) is 14.2. The molecule has 5 nitrogen and oxygen atoms in total. The van der Waals surface area contributed by atoms with E-state index >= 15 is 0 Å². The van der Waals surface area contributed by atoms with Gasteiger partial charge in [-0.3, -0.25) is 4.79 Å². The van der Waals surface area contributed by atoms with Gasteiger partial charge >= 0.3 is 0 Å². The summed E-state index contributed by atoms with van der Waals surface area (Å²) in [6.07, 6.45) is 2.79. The molecule has 0 N–H and O–H groups in total. The zero-order chi connectivity index (χ0) is 17.7. The average Bonchev–Trinajstić information content (AvgIpc) is 2.67. The second kappa shape index (κ2) is 7.68. The number of ether oxygens (including phenoxy) is 2. The van der Waals surface area contributed by atoms with Crippen molar-refractivity contribution in [3.63, 3.8) is 0 Å². The van der Waals surface area contributed by atoms with E-state index < -0.39 is 5.41 Å². The lowest BCUT2D eigenvalue weighted by molar-refractivity contribution is -0.0453. The highest BCUT2D eigenvalue weighted by Crippen LogP contribution is 2.48. The van der Waals surface area contributed by atoms with E-state index in [1.165, 1.54) is 0 Å². The van der Waals surface area contributed by atoms with Crippen molar-refractivity contribution in [3.05, 3.63) is 29.8 Å². The zero-order valence-corrected chi connectivity index (χ0v) is 14.2. The van der Waals surface area contributed by atoms with Gasteiger partial charge < -0.3 is 9.47 Å². The highest BCUT2D eigenvalue weighted by molar-refractivity contribution is 6.04. The Morgan fingerprint density at radius 3 is 2.36 bits per heavy atom. The molecule has 0 aliphatic carbocycles. The molecular weight excluding hydrogens is 316 g/mol. The lowest BCUT2D eigenvalue weighted by Gasteiger charge is -2.47.